The molecule has 73 heavy (non-hydrogen) atoms. The number of anilines is 1. The Morgan fingerprint density at radius 1 is 0.630 bits per heavy atom. The van der Waals surface area contributed by atoms with Gasteiger partial charge in [-0.25, -0.2) is 0 Å². The molecule has 0 amide bonds. The zero-order chi connectivity index (χ0) is 54.5. The summed E-state index contributed by atoms with van der Waals surface area (Å²) in [5.74, 6) is -2.59. The number of benzene rings is 4. The molecule has 4 aromatic rings. The maximum Gasteiger partial charge on any atom is 0.303 e. The number of carbonyl (C=O) groups is 1. The van der Waals surface area contributed by atoms with Gasteiger partial charge >= 0.3 is 5.97 Å². The summed E-state index contributed by atoms with van der Waals surface area (Å²) in [5.41, 5.74) is -1.07. The number of hydrogen-bond donors (Lipinski definition) is 7. The fraction of sp³-hybridized carbons (Fsp3) is 0.409. The summed E-state index contributed by atoms with van der Waals surface area (Å²) in [4.78, 5) is 9.65. The first-order chi connectivity index (χ1) is 33.5. The number of rotatable bonds is 23. The highest BCUT2D eigenvalue weighted by Gasteiger charge is 2.50. The summed E-state index contributed by atoms with van der Waals surface area (Å²) >= 11 is 0. The van der Waals surface area contributed by atoms with Gasteiger partial charge in [-0.05, 0) is 105 Å². The van der Waals surface area contributed by atoms with E-state index in [1.807, 2.05) is 4.90 Å². The molecule has 2 aliphatic heterocycles. The summed E-state index contributed by atoms with van der Waals surface area (Å²) in [7, 11) is -28.4. The fourth-order valence-electron chi connectivity index (χ4n) is 9.98. The van der Waals surface area contributed by atoms with Crippen molar-refractivity contribution in [3.8, 4) is 0 Å². The first kappa shape index (κ1) is 57.5. The van der Waals surface area contributed by atoms with Gasteiger partial charge in [-0.15, -0.1) is 0 Å². The molecular formula is C44H53N2O21S6+. The number of carboxylic acids is 1. The molecule has 0 saturated carbocycles. The molecular weight excluding hydrogens is 1080 g/mol. The van der Waals surface area contributed by atoms with Crippen LogP contribution in [0.15, 0.2) is 92.0 Å². The van der Waals surface area contributed by atoms with Crippen molar-refractivity contribution in [3.05, 3.63) is 83.6 Å². The Kier molecular flexibility index (Phi) is 16.3. The molecule has 0 saturated heterocycles. The molecule has 400 valence electrons. The molecule has 2 aliphatic rings. The molecule has 4 aromatic carbocycles. The van der Waals surface area contributed by atoms with E-state index in [1.165, 1.54) is 37.5 Å². The third kappa shape index (κ3) is 12.5. The molecule has 0 spiro atoms. The molecule has 0 aliphatic carbocycles. The smallest absolute Gasteiger partial charge is 0.303 e. The van der Waals surface area contributed by atoms with E-state index in [0.717, 1.165) is 12.1 Å². The van der Waals surface area contributed by atoms with Crippen LogP contribution in [0.1, 0.15) is 76.3 Å². The molecule has 6 rings (SSSR count). The van der Waals surface area contributed by atoms with E-state index < -0.39 is 109 Å². The molecule has 2 atom stereocenters. The van der Waals surface area contributed by atoms with E-state index in [9.17, 15) is 87.7 Å². The van der Waals surface area contributed by atoms with Crippen molar-refractivity contribution in [1.82, 2.24) is 0 Å². The van der Waals surface area contributed by atoms with Gasteiger partial charge in [0.15, 0.2) is 5.71 Å². The summed E-state index contributed by atoms with van der Waals surface area (Å²) in [6, 6.07) is 8.67. The van der Waals surface area contributed by atoms with E-state index in [-0.39, 0.29) is 96.7 Å². The maximum absolute atomic E-state index is 12.8. The minimum atomic E-state index is -5.23. The predicted octanol–water partition coefficient (Wildman–Crippen LogP) is 5.18. The number of carboxylic acid groups (broad SMARTS) is 1. The van der Waals surface area contributed by atoms with Crippen molar-refractivity contribution in [2.75, 3.05) is 43.2 Å². The van der Waals surface area contributed by atoms with E-state index >= 15 is 0 Å². The molecule has 0 aromatic heterocycles. The molecule has 0 bridgehead atoms. The first-order valence-electron chi connectivity index (χ1n) is 22.1. The van der Waals surface area contributed by atoms with Gasteiger partial charge in [-0.1, -0.05) is 18.6 Å². The van der Waals surface area contributed by atoms with Gasteiger partial charge in [-0.3, -0.25) is 32.1 Å². The topological polar surface area (TPSA) is 379 Å². The second-order valence-corrected chi connectivity index (χ2v) is 26.9. The second-order valence-electron chi connectivity index (χ2n) is 18.1. The Hall–Kier alpha value is -4.76. The summed E-state index contributed by atoms with van der Waals surface area (Å²) in [6.45, 7) is 3.31. The molecule has 0 fully saturated rings. The number of allylic oxidation sites excluding steroid dienone is 4. The van der Waals surface area contributed by atoms with Crippen LogP contribution < -0.4 is 4.90 Å². The lowest BCUT2D eigenvalue weighted by molar-refractivity contribution is -0.437. The lowest BCUT2D eigenvalue weighted by Crippen LogP contribution is -2.33. The van der Waals surface area contributed by atoms with E-state index in [1.54, 1.807) is 30.6 Å². The number of hydrogen-bond acceptors (Lipinski definition) is 15. The summed E-state index contributed by atoms with van der Waals surface area (Å²) in [5, 5.41) is 8.79. The highest BCUT2D eigenvalue weighted by molar-refractivity contribution is 7.87. The molecule has 23 nitrogen and oxygen atoms in total. The molecule has 7 N–H and O–H groups in total. The summed E-state index contributed by atoms with van der Waals surface area (Å²) < 4.78 is 218. The average Bonchev–Trinajstić information content (AvgIpc) is 3.63. The predicted molar refractivity (Wildman–Crippen MR) is 266 cm³/mol. The number of unbranched alkanes of at least 4 members (excludes halogenated alkanes) is 2. The SMILES string of the molecule is COCCC1(C)C(=CC=CC2=[N+](CCCS(=O)(=O)O)c3ccc4c(S(=O)(=O)O)cc(S(=O)(=O)O)cc4c3C2(C)CCCS(=O)(=O)O)N(CCCCCC(=O)O)c2ccc3c(S(=O)(=O)O)cc(S(=O)(=O)O)cc3c21. The normalized spacial score (nSPS) is 19.5. The Morgan fingerprint density at radius 3 is 1.67 bits per heavy atom. The minimum Gasteiger partial charge on any atom is -0.481 e. The lowest BCUT2D eigenvalue weighted by Gasteiger charge is -2.31. The maximum atomic E-state index is 12.8. The quantitative estimate of drug-likeness (QED) is 0.0286. The number of nitrogens with zero attached hydrogens (tertiary/aromatic N) is 2. The van der Waals surface area contributed by atoms with Crippen LogP contribution in [-0.2, 0) is 81.1 Å². The minimum absolute atomic E-state index is 0.000414. The Morgan fingerprint density at radius 2 is 1.16 bits per heavy atom. The van der Waals surface area contributed by atoms with Crippen molar-refractivity contribution in [2.24, 2.45) is 0 Å². The highest BCUT2D eigenvalue weighted by Crippen LogP contribution is 2.54. The van der Waals surface area contributed by atoms with Crippen molar-refractivity contribution in [1.29, 1.82) is 0 Å². The molecule has 0 radical (unpaired) electrons. The number of fused-ring (bicyclic) bond motifs is 6. The van der Waals surface area contributed by atoms with Crippen LogP contribution in [0.5, 0.6) is 0 Å². The van der Waals surface area contributed by atoms with Crippen LogP contribution in [0.4, 0.5) is 11.4 Å². The van der Waals surface area contributed by atoms with Gasteiger partial charge in [0.1, 0.15) is 16.3 Å². The zero-order valence-corrected chi connectivity index (χ0v) is 44.1. The lowest BCUT2D eigenvalue weighted by atomic mass is 9.74. The van der Waals surface area contributed by atoms with Crippen LogP contribution in [0.2, 0.25) is 0 Å². The highest BCUT2D eigenvalue weighted by atomic mass is 32.2. The van der Waals surface area contributed by atoms with Gasteiger partial charge in [0, 0.05) is 78.4 Å². The largest absolute Gasteiger partial charge is 0.481 e. The monoisotopic (exact) mass is 1140 g/mol. The van der Waals surface area contributed by atoms with Crippen LogP contribution in [0.25, 0.3) is 21.5 Å². The first-order valence-corrected chi connectivity index (χ1v) is 31.1. The number of methoxy groups -OCH3 is 1. The standard InChI is InChI=1S/C44H52N2O21S6/c1-43(17-8-22-68(49,50)51)38(46(20-9-23-69(52,53)54)34-15-13-30-32(41(34)43)24-28(70(55,56)57)26-36(30)72(61,62)63)10-7-11-39-44(2,18-21-67-3)42-33-25-29(71(58,59)60)27-37(73(64,65)66)31(33)14-16-35(42)45(39)19-6-4-5-12-40(47)48/h7,10-11,13-16,24-27H,4-6,8-9,12,17-23H2,1-3H3,(H6-,47,48,49,50,51,52,53,54,55,56,57,58,59,60,61,62,63,64,65,66)/p+1. The molecule has 29 heteroatoms. The average molecular weight is 1140 g/mol. The van der Waals surface area contributed by atoms with Gasteiger partial charge < -0.3 is 14.7 Å². The third-order valence-corrected chi connectivity index (χ3v) is 18.2. The van der Waals surface area contributed by atoms with Crippen molar-refractivity contribution in [2.45, 2.75) is 95.6 Å². The van der Waals surface area contributed by atoms with Crippen LogP contribution >= 0.6 is 0 Å². The Bertz CT molecular complexity index is 3720. The van der Waals surface area contributed by atoms with E-state index in [4.69, 9.17) is 4.74 Å². The van der Waals surface area contributed by atoms with Crippen molar-refractivity contribution >= 4 is 105 Å². The summed E-state index contributed by atoms with van der Waals surface area (Å²) in [6.07, 6.45) is 4.97. The van der Waals surface area contributed by atoms with E-state index in [0.29, 0.717) is 41.9 Å². The number of ether oxygens (including phenoxy) is 1. The zero-order valence-electron chi connectivity index (χ0n) is 39.2. The second kappa shape index (κ2) is 20.8. The van der Waals surface area contributed by atoms with Crippen molar-refractivity contribution in [3.63, 3.8) is 0 Å². The molecule has 2 heterocycles. The van der Waals surface area contributed by atoms with Crippen LogP contribution in [0.3, 0.4) is 0 Å². The van der Waals surface area contributed by atoms with Gasteiger partial charge in [0.2, 0.25) is 5.69 Å². The van der Waals surface area contributed by atoms with Crippen LogP contribution in [-0.4, -0.2) is 137 Å². The molecule has 2 unspecified atom stereocenters. The fourth-order valence-corrected chi connectivity index (χ4v) is 13.7. The van der Waals surface area contributed by atoms with Crippen LogP contribution in [0, 0.1) is 0 Å². The van der Waals surface area contributed by atoms with E-state index in [2.05, 4.69) is 0 Å². The Labute approximate surface area is 422 Å². The van der Waals surface area contributed by atoms with Gasteiger partial charge in [0.05, 0.1) is 26.7 Å². The Balaban J connectivity index is 1.68. The van der Waals surface area contributed by atoms with Crippen molar-refractivity contribution < 1.29 is 97.0 Å². The van der Waals surface area contributed by atoms with Gasteiger partial charge in [0.25, 0.3) is 60.7 Å². The third-order valence-electron chi connectivity index (χ3n) is 13.1. The number of aliphatic carboxylic acids is 1. The van der Waals surface area contributed by atoms with Gasteiger partial charge in [-0.2, -0.15) is 55.1 Å².